The third kappa shape index (κ3) is 3.01. The molecule has 0 saturated carbocycles. The molecule has 5 rings (SSSR count). The summed E-state index contributed by atoms with van der Waals surface area (Å²) in [5, 5.41) is 0. The van der Waals surface area contributed by atoms with Gasteiger partial charge < -0.3 is 8.98 Å². The third-order valence-corrected chi connectivity index (χ3v) is 7.36. The van der Waals surface area contributed by atoms with Crippen LogP contribution in [0, 0.1) is 12.7 Å². The van der Waals surface area contributed by atoms with Crippen LogP contribution in [0.5, 0.6) is 0 Å². The Morgan fingerprint density at radius 3 is 2.87 bits per heavy atom. The van der Waals surface area contributed by atoms with E-state index in [2.05, 4.69) is 9.97 Å². The molecule has 0 aliphatic carbocycles. The van der Waals surface area contributed by atoms with Crippen molar-refractivity contribution in [3.8, 4) is 11.4 Å². The molecule has 1 aliphatic rings. The minimum absolute atomic E-state index is 0.0325. The van der Waals surface area contributed by atoms with Crippen LogP contribution in [0.2, 0.25) is 0 Å². The zero-order valence-electron chi connectivity index (χ0n) is 16.2. The molecule has 0 unspecified atom stereocenters. The van der Waals surface area contributed by atoms with E-state index >= 15 is 0 Å². The molecule has 1 aromatic carbocycles. The SMILES string of the molecule is Cc1ccc(S(=O)(=O)N2CC[C@@H](n3c(-c4ccoc4)nc4cccnc43)C2)cc1F. The fraction of sp³-hybridized carbons (Fsp3) is 0.238. The predicted molar refractivity (Wildman–Crippen MR) is 109 cm³/mol. The number of rotatable bonds is 4. The molecule has 154 valence electrons. The summed E-state index contributed by atoms with van der Waals surface area (Å²) in [4.78, 5) is 9.13. The number of hydrogen-bond acceptors (Lipinski definition) is 5. The average molecular weight is 426 g/mol. The number of aryl methyl sites for hydroxylation is 1. The highest BCUT2D eigenvalue weighted by molar-refractivity contribution is 7.89. The van der Waals surface area contributed by atoms with Gasteiger partial charge in [-0.2, -0.15) is 4.31 Å². The Morgan fingerprint density at radius 1 is 1.23 bits per heavy atom. The van der Waals surface area contributed by atoms with Crippen LogP contribution in [0.25, 0.3) is 22.6 Å². The number of sulfonamides is 1. The number of pyridine rings is 1. The van der Waals surface area contributed by atoms with Crippen LogP contribution >= 0.6 is 0 Å². The van der Waals surface area contributed by atoms with Gasteiger partial charge in [0.2, 0.25) is 10.0 Å². The average Bonchev–Trinajstić information content (AvgIpc) is 3.48. The second-order valence-corrected chi connectivity index (χ2v) is 9.32. The Bertz CT molecular complexity index is 1330. The minimum atomic E-state index is -3.80. The van der Waals surface area contributed by atoms with Gasteiger partial charge in [0, 0.05) is 19.3 Å². The molecular weight excluding hydrogens is 407 g/mol. The maximum absolute atomic E-state index is 14.0. The molecule has 0 radical (unpaired) electrons. The molecule has 0 bridgehead atoms. The number of benzene rings is 1. The summed E-state index contributed by atoms with van der Waals surface area (Å²) in [6, 6.07) is 9.38. The molecule has 3 aromatic heterocycles. The Balaban J connectivity index is 1.53. The molecule has 1 aliphatic heterocycles. The topological polar surface area (TPSA) is 81.2 Å². The molecule has 7 nitrogen and oxygen atoms in total. The van der Waals surface area contributed by atoms with Gasteiger partial charge in [-0.05, 0) is 49.2 Å². The predicted octanol–water partition coefficient (Wildman–Crippen LogP) is 3.77. The van der Waals surface area contributed by atoms with Crippen molar-refractivity contribution in [1.82, 2.24) is 18.8 Å². The summed E-state index contributed by atoms with van der Waals surface area (Å²) < 4.78 is 48.8. The van der Waals surface area contributed by atoms with E-state index in [1.165, 1.54) is 16.4 Å². The van der Waals surface area contributed by atoms with Gasteiger partial charge in [0.05, 0.1) is 22.8 Å². The summed E-state index contributed by atoms with van der Waals surface area (Å²) >= 11 is 0. The van der Waals surface area contributed by atoms with Crippen LogP contribution in [0.4, 0.5) is 4.39 Å². The van der Waals surface area contributed by atoms with Gasteiger partial charge in [-0.3, -0.25) is 0 Å². The summed E-state index contributed by atoms with van der Waals surface area (Å²) in [6.07, 6.45) is 5.47. The molecule has 0 spiro atoms. The first-order valence-electron chi connectivity index (χ1n) is 9.57. The lowest BCUT2D eigenvalue weighted by Gasteiger charge is -2.18. The van der Waals surface area contributed by atoms with Gasteiger partial charge in [0.25, 0.3) is 0 Å². The highest BCUT2D eigenvalue weighted by Crippen LogP contribution is 2.34. The van der Waals surface area contributed by atoms with Crippen molar-refractivity contribution in [2.45, 2.75) is 24.3 Å². The largest absolute Gasteiger partial charge is 0.472 e. The number of halogens is 1. The van der Waals surface area contributed by atoms with Crippen LogP contribution in [-0.4, -0.2) is 40.3 Å². The Labute approximate surface area is 172 Å². The maximum Gasteiger partial charge on any atom is 0.243 e. The Morgan fingerprint density at radius 2 is 2.10 bits per heavy atom. The van der Waals surface area contributed by atoms with Crippen molar-refractivity contribution in [3.05, 3.63) is 66.5 Å². The van der Waals surface area contributed by atoms with Crippen molar-refractivity contribution >= 4 is 21.2 Å². The van der Waals surface area contributed by atoms with E-state index in [0.29, 0.717) is 30.0 Å². The molecule has 30 heavy (non-hydrogen) atoms. The first-order chi connectivity index (χ1) is 14.4. The second-order valence-electron chi connectivity index (χ2n) is 7.38. The van der Waals surface area contributed by atoms with E-state index in [4.69, 9.17) is 4.42 Å². The number of furan rings is 1. The smallest absolute Gasteiger partial charge is 0.243 e. The summed E-state index contributed by atoms with van der Waals surface area (Å²) in [5.41, 5.74) is 2.64. The highest BCUT2D eigenvalue weighted by Gasteiger charge is 2.35. The van der Waals surface area contributed by atoms with Gasteiger partial charge in [-0.25, -0.2) is 22.8 Å². The van der Waals surface area contributed by atoms with E-state index < -0.39 is 15.8 Å². The van der Waals surface area contributed by atoms with E-state index in [-0.39, 0.29) is 17.5 Å². The summed E-state index contributed by atoms with van der Waals surface area (Å²) in [6.45, 7) is 2.19. The lowest BCUT2D eigenvalue weighted by Crippen LogP contribution is -2.29. The van der Waals surface area contributed by atoms with Crippen LogP contribution < -0.4 is 0 Å². The number of fused-ring (bicyclic) bond motifs is 1. The second kappa shape index (κ2) is 7.03. The molecule has 4 aromatic rings. The van der Waals surface area contributed by atoms with Crippen LogP contribution in [0.3, 0.4) is 0 Å². The van der Waals surface area contributed by atoms with Crippen molar-refractivity contribution in [2.75, 3.05) is 13.1 Å². The maximum atomic E-state index is 14.0. The molecule has 0 amide bonds. The van der Waals surface area contributed by atoms with E-state index in [1.54, 1.807) is 25.6 Å². The molecule has 1 saturated heterocycles. The monoisotopic (exact) mass is 426 g/mol. The zero-order chi connectivity index (χ0) is 20.9. The first-order valence-corrected chi connectivity index (χ1v) is 11.0. The van der Waals surface area contributed by atoms with Crippen molar-refractivity contribution < 1.29 is 17.2 Å². The van der Waals surface area contributed by atoms with Gasteiger partial charge in [-0.15, -0.1) is 0 Å². The van der Waals surface area contributed by atoms with Gasteiger partial charge in [0.1, 0.15) is 23.4 Å². The van der Waals surface area contributed by atoms with Gasteiger partial charge >= 0.3 is 0 Å². The van der Waals surface area contributed by atoms with Crippen molar-refractivity contribution in [3.63, 3.8) is 0 Å². The Kier molecular flexibility index (Phi) is 4.44. The summed E-state index contributed by atoms with van der Waals surface area (Å²) in [7, 11) is -3.80. The van der Waals surface area contributed by atoms with Gasteiger partial charge in [-0.1, -0.05) is 6.07 Å². The molecule has 1 fully saturated rings. The van der Waals surface area contributed by atoms with Crippen molar-refractivity contribution in [1.29, 1.82) is 0 Å². The van der Waals surface area contributed by atoms with Crippen LogP contribution in [0.1, 0.15) is 18.0 Å². The molecule has 4 heterocycles. The number of imidazole rings is 1. The quantitative estimate of drug-likeness (QED) is 0.496. The van der Waals surface area contributed by atoms with E-state index in [0.717, 1.165) is 17.1 Å². The number of aromatic nitrogens is 3. The lowest BCUT2D eigenvalue weighted by atomic mass is 10.2. The highest BCUT2D eigenvalue weighted by atomic mass is 32.2. The third-order valence-electron chi connectivity index (χ3n) is 5.50. The Hall–Kier alpha value is -3.04. The number of hydrogen-bond donors (Lipinski definition) is 0. The minimum Gasteiger partial charge on any atom is -0.472 e. The summed E-state index contributed by atoms with van der Waals surface area (Å²) in [5.74, 6) is 0.155. The standard InChI is InChI=1S/C21H19FN4O3S/c1-14-4-5-17(11-18(14)22)30(27,28)25-9-6-16(12-25)26-20(15-7-10-29-13-15)24-19-3-2-8-23-21(19)26/h2-5,7-8,10-11,13,16H,6,9,12H2,1H3/t16-/m1/s1. The van der Waals surface area contributed by atoms with Crippen LogP contribution in [-0.2, 0) is 10.0 Å². The van der Waals surface area contributed by atoms with E-state index in [1.807, 2.05) is 22.8 Å². The molecule has 0 N–H and O–H groups in total. The molecular formula is C21H19FN4O3S. The fourth-order valence-electron chi connectivity index (χ4n) is 3.89. The molecule has 9 heteroatoms. The number of nitrogens with zero attached hydrogens (tertiary/aromatic N) is 4. The fourth-order valence-corrected chi connectivity index (χ4v) is 5.40. The normalized spacial score (nSPS) is 17.7. The molecule has 1 atom stereocenters. The first kappa shape index (κ1) is 19.0. The van der Waals surface area contributed by atoms with Gasteiger partial charge in [0.15, 0.2) is 5.65 Å². The van der Waals surface area contributed by atoms with Crippen molar-refractivity contribution in [2.24, 2.45) is 0 Å². The lowest BCUT2D eigenvalue weighted by molar-refractivity contribution is 0.454. The van der Waals surface area contributed by atoms with E-state index in [9.17, 15) is 12.8 Å². The van der Waals surface area contributed by atoms with Crippen LogP contribution in [0.15, 0.2) is 64.4 Å². The zero-order valence-corrected chi connectivity index (χ0v) is 17.0.